The highest BCUT2D eigenvalue weighted by atomic mass is 32.2. The van der Waals surface area contributed by atoms with E-state index in [0.717, 1.165) is 42.4 Å². The number of sulfonamides is 1. The van der Waals surface area contributed by atoms with E-state index in [1.807, 2.05) is 32.0 Å². The monoisotopic (exact) mass is 459 g/mol. The summed E-state index contributed by atoms with van der Waals surface area (Å²) in [6.45, 7) is 3.59. The van der Waals surface area contributed by atoms with Gasteiger partial charge in [-0.1, -0.05) is 12.1 Å². The first-order valence-corrected chi connectivity index (χ1v) is 12.1. The lowest BCUT2D eigenvalue weighted by molar-refractivity contribution is -0.129. The number of nitrogens with one attached hydrogen (secondary N) is 3. The first-order valence-electron chi connectivity index (χ1n) is 10.6. The molecule has 3 N–H and O–H groups in total. The highest BCUT2D eigenvalue weighted by Crippen LogP contribution is 2.24. The zero-order valence-corrected chi connectivity index (χ0v) is 19.2. The maximum absolute atomic E-state index is 12.5. The van der Waals surface area contributed by atoms with Crippen LogP contribution >= 0.6 is 0 Å². The van der Waals surface area contributed by atoms with Gasteiger partial charge in [0, 0.05) is 13.0 Å². The first kappa shape index (κ1) is 23.7. The summed E-state index contributed by atoms with van der Waals surface area (Å²) in [5.74, 6) is -0.477. The van der Waals surface area contributed by atoms with Crippen LogP contribution in [0.25, 0.3) is 0 Å². The van der Waals surface area contributed by atoms with Gasteiger partial charge in [0.05, 0.1) is 4.90 Å². The van der Waals surface area contributed by atoms with E-state index in [1.54, 1.807) is 18.2 Å². The fourth-order valence-corrected chi connectivity index (χ4v) is 4.53. The molecule has 0 atom stereocenters. The lowest BCUT2D eigenvalue weighted by atomic mass is 9.92. The molecular formula is C23H29N3O5S. The molecule has 0 unspecified atom stereocenters. The molecule has 9 heteroatoms. The zero-order chi connectivity index (χ0) is 23.1. The van der Waals surface area contributed by atoms with Crippen molar-refractivity contribution < 1.29 is 22.7 Å². The van der Waals surface area contributed by atoms with Crippen molar-refractivity contribution in [1.82, 2.24) is 15.6 Å². The Morgan fingerprint density at radius 3 is 2.38 bits per heavy atom. The molecule has 2 aromatic carbocycles. The van der Waals surface area contributed by atoms with Crippen LogP contribution in [0.4, 0.5) is 0 Å². The Bertz CT molecular complexity index is 1100. The maximum Gasteiger partial charge on any atom is 0.276 e. The van der Waals surface area contributed by atoms with Crippen molar-refractivity contribution in [2.45, 2.75) is 50.8 Å². The third-order valence-electron chi connectivity index (χ3n) is 5.46. The smallest absolute Gasteiger partial charge is 0.276 e. The van der Waals surface area contributed by atoms with Gasteiger partial charge in [0.15, 0.2) is 6.61 Å². The average molecular weight is 460 g/mol. The predicted octanol–water partition coefficient (Wildman–Crippen LogP) is 2.08. The van der Waals surface area contributed by atoms with E-state index >= 15 is 0 Å². The van der Waals surface area contributed by atoms with E-state index in [0.29, 0.717) is 5.75 Å². The lowest BCUT2D eigenvalue weighted by Gasteiger charge is -2.16. The summed E-state index contributed by atoms with van der Waals surface area (Å²) in [6.07, 6.45) is 3.92. The second kappa shape index (κ2) is 10.6. The highest BCUT2D eigenvalue weighted by molar-refractivity contribution is 7.89. The van der Waals surface area contributed by atoms with Crippen LogP contribution in [0.3, 0.4) is 0 Å². The molecule has 1 aliphatic rings. The van der Waals surface area contributed by atoms with Gasteiger partial charge in [-0.15, -0.1) is 0 Å². The first-order chi connectivity index (χ1) is 15.2. The molecule has 2 amide bonds. The van der Waals surface area contributed by atoms with Gasteiger partial charge in [0.2, 0.25) is 15.9 Å². The molecule has 3 rings (SSSR count). The van der Waals surface area contributed by atoms with Crippen molar-refractivity contribution in [3.63, 3.8) is 0 Å². The van der Waals surface area contributed by atoms with Gasteiger partial charge >= 0.3 is 0 Å². The van der Waals surface area contributed by atoms with Crippen LogP contribution in [-0.4, -0.2) is 33.4 Å². The predicted molar refractivity (Wildman–Crippen MR) is 121 cm³/mol. The molecule has 0 aliphatic heterocycles. The fraction of sp³-hybridized carbons (Fsp3) is 0.391. The van der Waals surface area contributed by atoms with Crippen LogP contribution in [0.2, 0.25) is 0 Å². The third-order valence-corrected chi connectivity index (χ3v) is 6.92. The van der Waals surface area contributed by atoms with Crippen molar-refractivity contribution in [3.05, 3.63) is 58.7 Å². The fourth-order valence-electron chi connectivity index (χ4n) is 3.45. The van der Waals surface area contributed by atoms with Crippen LogP contribution in [-0.2, 0) is 32.5 Å². The van der Waals surface area contributed by atoms with Crippen molar-refractivity contribution >= 4 is 21.8 Å². The summed E-state index contributed by atoms with van der Waals surface area (Å²) >= 11 is 0. The quantitative estimate of drug-likeness (QED) is 0.523. The van der Waals surface area contributed by atoms with Crippen molar-refractivity contribution in [3.8, 4) is 5.75 Å². The van der Waals surface area contributed by atoms with Gasteiger partial charge in [0.25, 0.3) is 5.91 Å². The standard InChI is InChI=1S/C23H29N3O5S/c1-16-7-9-20(13-17(16)2)31-15-23(28)26-25-22(27)11-12-24-32(29,30)21-10-8-18-5-3-4-6-19(18)14-21/h7-10,13-14,24H,3-6,11-12,15H2,1-2H3,(H,25,27)(H,26,28). The minimum atomic E-state index is -3.70. The number of aryl methyl sites for hydroxylation is 4. The number of ether oxygens (including phenoxy) is 1. The largest absolute Gasteiger partial charge is 0.484 e. The second-order valence-corrected chi connectivity index (χ2v) is 9.68. The summed E-state index contributed by atoms with van der Waals surface area (Å²) in [5.41, 5.74) is 8.95. The minimum absolute atomic E-state index is 0.0831. The third kappa shape index (κ3) is 6.54. The Hall–Kier alpha value is -2.91. The number of hydrogen-bond acceptors (Lipinski definition) is 5. The summed E-state index contributed by atoms with van der Waals surface area (Å²) < 4.78 is 32.8. The number of benzene rings is 2. The van der Waals surface area contributed by atoms with Crippen LogP contribution < -0.4 is 20.3 Å². The number of hydrazine groups is 1. The number of hydrogen-bond donors (Lipinski definition) is 3. The molecule has 2 aromatic rings. The van der Waals surface area contributed by atoms with Gasteiger partial charge in [-0.3, -0.25) is 20.4 Å². The molecule has 0 heterocycles. The number of carbonyl (C=O) groups excluding carboxylic acids is 2. The SMILES string of the molecule is Cc1ccc(OCC(=O)NNC(=O)CCNS(=O)(=O)c2ccc3c(c2)CCCC3)cc1C. The zero-order valence-electron chi connectivity index (χ0n) is 18.4. The van der Waals surface area contributed by atoms with E-state index in [2.05, 4.69) is 15.6 Å². The van der Waals surface area contributed by atoms with E-state index in [9.17, 15) is 18.0 Å². The van der Waals surface area contributed by atoms with Gasteiger partial charge in [-0.25, -0.2) is 13.1 Å². The Labute approximate surface area is 188 Å². The van der Waals surface area contributed by atoms with Crippen LogP contribution in [0, 0.1) is 13.8 Å². The van der Waals surface area contributed by atoms with E-state index in [1.165, 1.54) is 5.56 Å². The Morgan fingerprint density at radius 2 is 1.62 bits per heavy atom. The van der Waals surface area contributed by atoms with Gasteiger partial charge in [-0.05, 0) is 86.1 Å². The molecule has 32 heavy (non-hydrogen) atoms. The minimum Gasteiger partial charge on any atom is -0.484 e. The topological polar surface area (TPSA) is 114 Å². The Kier molecular flexibility index (Phi) is 7.87. The van der Waals surface area contributed by atoms with E-state index in [-0.39, 0.29) is 24.5 Å². The van der Waals surface area contributed by atoms with Gasteiger partial charge in [0.1, 0.15) is 5.75 Å². The summed E-state index contributed by atoms with van der Waals surface area (Å²) in [6, 6.07) is 10.7. The van der Waals surface area contributed by atoms with Gasteiger partial charge in [-0.2, -0.15) is 0 Å². The molecule has 0 saturated carbocycles. The van der Waals surface area contributed by atoms with Crippen LogP contribution in [0.1, 0.15) is 41.5 Å². The molecule has 0 radical (unpaired) electrons. The van der Waals surface area contributed by atoms with Crippen molar-refractivity contribution in [2.75, 3.05) is 13.2 Å². The van der Waals surface area contributed by atoms with Crippen molar-refractivity contribution in [2.24, 2.45) is 0 Å². The lowest BCUT2D eigenvalue weighted by Crippen LogP contribution is -2.44. The van der Waals surface area contributed by atoms with Crippen molar-refractivity contribution in [1.29, 1.82) is 0 Å². The average Bonchev–Trinajstić information content (AvgIpc) is 2.78. The molecule has 0 bridgehead atoms. The molecule has 0 saturated heterocycles. The maximum atomic E-state index is 12.5. The Balaban J connectivity index is 1.39. The second-order valence-electron chi connectivity index (χ2n) is 7.92. The number of amides is 2. The molecule has 0 aromatic heterocycles. The molecule has 0 spiro atoms. The van der Waals surface area contributed by atoms with E-state index < -0.39 is 21.8 Å². The molecule has 172 valence electrons. The molecule has 8 nitrogen and oxygen atoms in total. The van der Waals surface area contributed by atoms with E-state index in [4.69, 9.17) is 4.74 Å². The number of rotatable bonds is 8. The molecule has 1 aliphatic carbocycles. The van der Waals surface area contributed by atoms with Gasteiger partial charge < -0.3 is 4.74 Å². The number of carbonyl (C=O) groups is 2. The molecule has 0 fully saturated rings. The number of fused-ring (bicyclic) bond motifs is 1. The normalized spacial score (nSPS) is 13.2. The van der Waals surface area contributed by atoms with Crippen LogP contribution in [0.5, 0.6) is 5.75 Å². The molecular weight excluding hydrogens is 430 g/mol. The van der Waals surface area contributed by atoms with Crippen LogP contribution in [0.15, 0.2) is 41.3 Å². The summed E-state index contributed by atoms with van der Waals surface area (Å²) in [7, 11) is -3.70. The Morgan fingerprint density at radius 1 is 0.906 bits per heavy atom. The highest BCUT2D eigenvalue weighted by Gasteiger charge is 2.18. The summed E-state index contributed by atoms with van der Waals surface area (Å²) in [5, 5.41) is 0. The summed E-state index contributed by atoms with van der Waals surface area (Å²) in [4.78, 5) is 24.0.